The number of amides is 4. The Hall–Kier alpha value is -4.97. The molecule has 6 bridgehead atoms. The maximum absolute atomic E-state index is 15.1. The van der Waals surface area contributed by atoms with E-state index in [1.807, 2.05) is 19.1 Å². The summed E-state index contributed by atoms with van der Waals surface area (Å²) in [7, 11) is 0. The Labute approximate surface area is 278 Å². The van der Waals surface area contributed by atoms with Crippen molar-refractivity contribution in [1.82, 2.24) is 20.4 Å². The molecule has 48 heavy (non-hydrogen) atoms. The summed E-state index contributed by atoms with van der Waals surface area (Å²) in [6, 6.07) is 17.9. The molecule has 11 nitrogen and oxygen atoms in total. The first-order valence-electron chi connectivity index (χ1n) is 16.3. The molecule has 0 aromatic heterocycles. The summed E-state index contributed by atoms with van der Waals surface area (Å²) in [5.41, 5.74) is 1.97. The molecule has 4 aliphatic heterocycles. The van der Waals surface area contributed by atoms with Crippen LogP contribution in [0.1, 0.15) is 35.7 Å². The summed E-state index contributed by atoms with van der Waals surface area (Å²) in [6.07, 6.45) is 0.442. The molecule has 0 unspecified atom stereocenters. The number of nitrogens with one attached hydrogen (secondary N) is 2. The van der Waals surface area contributed by atoms with Gasteiger partial charge in [0.15, 0.2) is 6.61 Å². The number of carbonyl (C=O) groups is 4. The lowest BCUT2D eigenvalue weighted by Crippen LogP contribution is -2.46. The van der Waals surface area contributed by atoms with Gasteiger partial charge in [0.1, 0.15) is 30.0 Å². The van der Waals surface area contributed by atoms with Crippen molar-refractivity contribution in [2.45, 2.75) is 38.5 Å². The fourth-order valence-corrected chi connectivity index (χ4v) is 6.28. The molecule has 4 amide bonds. The molecule has 2 saturated heterocycles. The van der Waals surface area contributed by atoms with Crippen LogP contribution < -0.4 is 20.1 Å². The summed E-state index contributed by atoms with van der Waals surface area (Å²) in [5.74, 6) is -1.06. The van der Waals surface area contributed by atoms with Gasteiger partial charge in [0.05, 0.1) is 18.2 Å². The maximum atomic E-state index is 15.1. The van der Waals surface area contributed by atoms with Crippen molar-refractivity contribution in [3.8, 4) is 22.6 Å². The van der Waals surface area contributed by atoms with Gasteiger partial charge in [-0.1, -0.05) is 30.3 Å². The minimum absolute atomic E-state index is 0.0293. The van der Waals surface area contributed by atoms with Crippen LogP contribution in [0.2, 0.25) is 0 Å². The molecule has 0 radical (unpaired) electrons. The van der Waals surface area contributed by atoms with Crippen LogP contribution in [0.3, 0.4) is 0 Å². The zero-order chi connectivity index (χ0) is 33.6. The van der Waals surface area contributed by atoms with Gasteiger partial charge in [-0.25, -0.2) is 4.39 Å². The van der Waals surface area contributed by atoms with Gasteiger partial charge in [-0.3, -0.25) is 19.2 Å². The van der Waals surface area contributed by atoms with E-state index in [0.717, 1.165) is 5.56 Å². The van der Waals surface area contributed by atoms with Crippen LogP contribution in [0.5, 0.6) is 11.5 Å². The van der Waals surface area contributed by atoms with Crippen molar-refractivity contribution in [3.63, 3.8) is 0 Å². The molecule has 0 spiro atoms. The number of fused-ring (bicyclic) bond motifs is 7. The lowest BCUT2D eigenvalue weighted by atomic mass is 9.95. The fraction of sp³-hybridized carbons (Fsp3) is 0.389. The van der Waals surface area contributed by atoms with E-state index >= 15 is 4.39 Å². The molecule has 12 heteroatoms. The lowest BCUT2D eigenvalue weighted by molar-refractivity contribution is -0.142. The molecule has 3 aromatic carbocycles. The lowest BCUT2D eigenvalue weighted by Gasteiger charge is -2.33. The van der Waals surface area contributed by atoms with Crippen molar-refractivity contribution in [2.75, 3.05) is 46.0 Å². The molecule has 4 heterocycles. The Morgan fingerprint density at radius 1 is 0.938 bits per heavy atom. The molecule has 2 atom stereocenters. The zero-order valence-electron chi connectivity index (χ0n) is 26.8. The molecule has 0 aliphatic carbocycles. The highest BCUT2D eigenvalue weighted by Crippen LogP contribution is 2.28. The Balaban J connectivity index is 1.23. The van der Waals surface area contributed by atoms with Crippen LogP contribution in [0.15, 0.2) is 66.7 Å². The van der Waals surface area contributed by atoms with Crippen molar-refractivity contribution in [3.05, 3.63) is 83.7 Å². The van der Waals surface area contributed by atoms with Crippen LogP contribution in [0.4, 0.5) is 4.39 Å². The molecule has 3 aromatic rings. The Kier molecular flexibility index (Phi) is 10.2. The summed E-state index contributed by atoms with van der Waals surface area (Å²) in [4.78, 5) is 55.7. The van der Waals surface area contributed by atoms with E-state index in [2.05, 4.69) is 10.6 Å². The molecule has 2 fully saturated rings. The predicted molar refractivity (Wildman–Crippen MR) is 174 cm³/mol. The van der Waals surface area contributed by atoms with E-state index in [9.17, 15) is 19.2 Å². The van der Waals surface area contributed by atoms with Gasteiger partial charge in [-0.2, -0.15) is 0 Å². The third-order valence-electron chi connectivity index (χ3n) is 8.97. The second-order valence-corrected chi connectivity index (χ2v) is 12.2. The summed E-state index contributed by atoms with van der Waals surface area (Å²) < 4.78 is 32.4. The van der Waals surface area contributed by atoms with Crippen LogP contribution in [-0.4, -0.2) is 91.6 Å². The van der Waals surface area contributed by atoms with E-state index in [1.54, 1.807) is 52.3 Å². The van der Waals surface area contributed by atoms with Crippen molar-refractivity contribution in [2.24, 2.45) is 5.92 Å². The fourth-order valence-electron chi connectivity index (χ4n) is 6.28. The molecule has 4 aliphatic rings. The molecule has 7 rings (SSSR count). The van der Waals surface area contributed by atoms with Crippen molar-refractivity contribution >= 4 is 23.6 Å². The highest BCUT2D eigenvalue weighted by molar-refractivity contribution is 5.96. The minimum atomic E-state index is -0.688. The number of piperidine rings is 1. The molecule has 0 saturated carbocycles. The van der Waals surface area contributed by atoms with E-state index in [0.29, 0.717) is 61.7 Å². The Morgan fingerprint density at radius 3 is 2.48 bits per heavy atom. The number of nitrogens with zero attached hydrogens (tertiary/aromatic N) is 2. The standard InChI is InChI=1S/C36H39FN4O7/c1-2-46-22-34(43)40-14-12-24(13-15-40)36(45)41-19-31-32(20-41)48-27-9-6-23(7-10-27)18-38-33(42)21-47-28-5-3-4-25(16-28)26-8-11-30(37)29(17-26)35(44)39-31/h3-11,16-17,24,31-32H,2,12-15,18-22H2,1H3,(H,38,42)(H,39,44)/t31-,32-/m0/s1. The predicted octanol–water partition coefficient (Wildman–Crippen LogP) is 3.16. The largest absolute Gasteiger partial charge is 0.486 e. The van der Waals surface area contributed by atoms with E-state index in [4.69, 9.17) is 14.2 Å². The number of ether oxygens (including phenoxy) is 3. The van der Waals surface area contributed by atoms with Crippen LogP contribution in [0, 0.1) is 11.7 Å². The summed E-state index contributed by atoms with van der Waals surface area (Å²) >= 11 is 0. The van der Waals surface area contributed by atoms with Gasteiger partial charge in [0.25, 0.3) is 11.8 Å². The van der Waals surface area contributed by atoms with Gasteiger partial charge in [-0.05, 0) is 72.9 Å². The topological polar surface area (TPSA) is 127 Å². The normalized spacial score (nSPS) is 20.2. The first-order valence-corrected chi connectivity index (χ1v) is 16.3. The van der Waals surface area contributed by atoms with E-state index in [1.165, 1.54) is 12.1 Å². The summed E-state index contributed by atoms with van der Waals surface area (Å²) in [6.45, 7) is 3.76. The second kappa shape index (κ2) is 14.8. The van der Waals surface area contributed by atoms with Gasteiger partial charge in [0.2, 0.25) is 11.8 Å². The SMILES string of the molecule is CCOCC(=O)N1CCC(C(=O)N2C[C@@H]3NC(=O)c4cc(ccc4F)-c4cccc(c4)OCC(=O)NCc4ccc(cc4)O[C@H]3C2)CC1. The highest BCUT2D eigenvalue weighted by atomic mass is 19.1. The average Bonchev–Trinajstić information content (AvgIpc) is 3.50. The number of likely N-dealkylation sites (tertiary alicyclic amines) is 2. The van der Waals surface area contributed by atoms with Gasteiger partial charge in [-0.15, -0.1) is 0 Å². The smallest absolute Gasteiger partial charge is 0.258 e. The van der Waals surface area contributed by atoms with Gasteiger partial charge in [0, 0.05) is 38.7 Å². The number of rotatable bonds is 4. The van der Waals surface area contributed by atoms with E-state index < -0.39 is 23.9 Å². The Bertz CT molecular complexity index is 1660. The molecule has 2 N–H and O–H groups in total. The summed E-state index contributed by atoms with van der Waals surface area (Å²) in [5, 5.41) is 5.79. The second-order valence-electron chi connectivity index (χ2n) is 12.2. The monoisotopic (exact) mass is 658 g/mol. The molecular formula is C36H39FN4O7. The van der Waals surface area contributed by atoms with Crippen molar-refractivity contribution in [1.29, 1.82) is 0 Å². The average molecular weight is 659 g/mol. The number of benzene rings is 3. The van der Waals surface area contributed by atoms with Crippen molar-refractivity contribution < 1.29 is 37.8 Å². The quantitative estimate of drug-likeness (QED) is 0.441. The van der Waals surface area contributed by atoms with Crippen LogP contribution in [0.25, 0.3) is 11.1 Å². The number of halogens is 1. The van der Waals surface area contributed by atoms with Crippen LogP contribution >= 0.6 is 0 Å². The molecular weight excluding hydrogens is 619 g/mol. The zero-order valence-corrected chi connectivity index (χ0v) is 26.8. The van der Waals surface area contributed by atoms with Gasteiger partial charge >= 0.3 is 0 Å². The number of hydrogen-bond donors (Lipinski definition) is 2. The Morgan fingerprint density at radius 2 is 1.71 bits per heavy atom. The number of hydrogen-bond acceptors (Lipinski definition) is 7. The maximum Gasteiger partial charge on any atom is 0.258 e. The van der Waals surface area contributed by atoms with Crippen LogP contribution in [-0.2, 0) is 25.7 Å². The molecule has 252 valence electrons. The third kappa shape index (κ3) is 7.76. The van der Waals surface area contributed by atoms with E-state index in [-0.39, 0.29) is 55.5 Å². The number of carbonyl (C=O) groups excluding carboxylic acids is 4. The first kappa shape index (κ1) is 33.0. The third-order valence-corrected chi connectivity index (χ3v) is 8.97. The first-order chi connectivity index (χ1) is 23.3. The van der Waals surface area contributed by atoms with Gasteiger partial charge < -0.3 is 34.6 Å². The minimum Gasteiger partial charge on any atom is -0.486 e. The highest BCUT2D eigenvalue weighted by Gasteiger charge is 2.41.